The normalized spacial score (nSPS) is 17.4. The fraction of sp³-hybridized carbons (Fsp3) is 0.462. The number of piperidine rings is 1. The van der Waals surface area contributed by atoms with Crippen molar-refractivity contribution >= 4 is 22.9 Å². The van der Waals surface area contributed by atoms with Crippen molar-refractivity contribution in [2.24, 2.45) is 5.92 Å². The maximum Gasteiger partial charge on any atom is 0.295 e. The number of hydrogen-bond donors (Lipinski definition) is 1. The Balaban J connectivity index is 1.28. The Morgan fingerprint density at radius 3 is 2.53 bits per heavy atom. The fourth-order valence-corrected chi connectivity index (χ4v) is 5.02. The maximum atomic E-state index is 13.5. The molecule has 2 aliphatic heterocycles. The van der Waals surface area contributed by atoms with Gasteiger partial charge in [0.25, 0.3) is 5.56 Å². The van der Waals surface area contributed by atoms with Gasteiger partial charge < -0.3 is 15.1 Å². The summed E-state index contributed by atoms with van der Waals surface area (Å²) in [5, 5.41) is 3.12. The predicted octanol–water partition coefficient (Wildman–Crippen LogP) is 2.27. The molecule has 8 heteroatoms. The highest BCUT2D eigenvalue weighted by molar-refractivity contribution is 5.79. The molecule has 2 fully saturated rings. The summed E-state index contributed by atoms with van der Waals surface area (Å²) < 4.78 is 1.71. The minimum absolute atomic E-state index is 0.0107. The zero-order valence-electron chi connectivity index (χ0n) is 19.5. The molecule has 1 amide bonds. The van der Waals surface area contributed by atoms with E-state index in [0.29, 0.717) is 43.2 Å². The largest absolute Gasteiger partial charge is 0.355 e. The van der Waals surface area contributed by atoms with E-state index in [1.807, 2.05) is 47.4 Å². The molecule has 8 nitrogen and oxygen atoms in total. The lowest BCUT2D eigenvalue weighted by Gasteiger charge is -2.32. The van der Waals surface area contributed by atoms with Crippen molar-refractivity contribution in [2.45, 2.75) is 32.2 Å². The SMILES string of the molecule is O=C(NCCN1CCCC1)C1CCN(c2nc3cccnc3n(Cc3ccccc3)c2=O)CC1. The molecule has 4 heterocycles. The second-order valence-corrected chi connectivity index (χ2v) is 9.26. The predicted molar refractivity (Wildman–Crippen MR) is 133 cm³/mol. The zero-order valence-corrected chi connectivity index (χ0v) is 19.5. The average molecular weight is 461 g/mol. The van der Waals surface area contributed by atoms with Gasteiger partial charge in [0.2, 0.25) is 5.91 Å². The quantitative estimate of drug-likeness (QED) is 0.582. The van der Waals surface area contributed by atoms with Crippen molar-refractivity contribution in [3.05, 3.63) is 64.6 Å². The highest BCUT2D eigenvalue weighted by Gasteiger charge is 2.28. The molecule has 1 aromatic carbocycles. The van der Waals surface area contributed by atoms with E-state index < -0.39 is 0 Å². The molecule has 178 valence electrons. The number of pyridine rings is 1. The monoisotopic (exact) mass is 460 g/mol. The van der Waals surface area contributed by atoms with Gasteiger partial charge in [0, 0.05) is 38.3 Å². The van der Waals surface area contributed by atoms with Gasteiger partial charge in [0.15, 0.2) is 11.5 Å². The van der Waals surface area contributed by atoms with Crippen LogP contribution in [0.15, 0.2) is 53.5 Å². The Bertz CT molecular complexity index is 1180. The Labute approximate surface area is 199 Å². The molecule has 1 N–H and O–H groups in total. The third kappa shape index (κ3) is 4.97. The van der Waals surface area contributed by atoms with Gasteiger partial charge >= 0.3 is 0 Å². The lowest BCUT2D eigenvalue weighted by atomic mass is 9.96. The number of aromatic nitrogens is 3. The Morgan fingerprint density at radius 1 is 1.00 bits per heavy atom. The van der Waals surface area contributed by atoms with Gasteiger partial charge in [0.05, 0.1) is 6.54 Å². The van der Waals surface area contributed by atoms with Crippen LogP contribution in [0.4, 0.5) is 5.82 Å². The third-order valence-corrected chi connectivity index (χ3v) is 6.96. The van der Waals surface area contributed by atoms with Crippen LogP contribution < -0.4 is 15.8 Å². The molecule has 2 saturated heterocycles. The van der Waals surface area contributed by atoms with Gasteiger partial charge in [-0.2, -0.15) is 0 Å². The minimum Gasteiger partial charge on any atom is -0.355 e. The van der Waals surface area contributed by atoms with E-state index in [0.717, 1.165) is 38.0 Å². The van der Waals surface area contributed by atoms with Crippen LogP contribution in [0.2, 0.25) is 0 Å². The molecule has 34 heavy (non-hydrogen) atoms. The molecule has 0 saturated carbocycles. The van der Waals surface area contributed by atoms with Crippen molar-refractivity contribution in [1.29, 1.82) is 0 Å². The topological polar surface area (TPSA) is 83.4 Å². The highest BCUT2D eigenvalue weighted by Crippen LogP contribution is 2.22. The smallest absolute Gasteiger partial charge is 0.295 e. The summed E-state index contributed by atoms with van der Waals surface area (Å²) in [6, 6.07) is 13.7. The summed E-state index contributed by atoms with van der Waals surface area (Å²) in [5.74, 6) is 0.573. The van der Waals surface area contributed by atoms with Crippen molar-refractivity contribution < 1.29 is 4.79 Å². The number of nitrogens with one attached hydrogen (secondary N) is 1. The molecule has 0 unspecified atom stereocenters. The number of nitrogens with zero attached hydrogens (tertiary/aromatic N) is 5. The van der Waals surface area contributed by atoms with Crippen LogP contribution in [-0.2, 0) is 11.3 Å². The summed E-state index contributed by atoms with van der Waals surface area (Å²) >= 11 is 0. The molecule has 0 atom stereocenters. The molecule has 0 radical (unpaired) electrons. The van der Waals surface area contributed by atoms with Gasteiger partial charge in [-0.25, -0.2) is 9.97 Å². The number of benzene rings is 1. The third-order valence-electron chi connectivity index (χ3n) is 6.96. The van der Waals surface area contributed by atoms with E-state index in [2.05, 4.69) is 20.2 Å². The van der Waals surface area contributed by atoms with Crippen LogP contribution >= 0.6 is 0 Å². The number of anilines is 1. The van der Waals surface area contributed by atoms with Gasteiger partial charge in [-0.3, -0.25) is 14.2 Å². The molecule has 5 rings (SSSR count). The van der Waals surface area contributed by atoms with Gasteiger partial charge in [0.1, 0.15) is 5.52 Å². The van der Waals surface area contributed by atoms with E-state index in [1.165, 1.54) is 12.8 Å². The second-order valence-electron chi connectivity index (χ2n) is 9.26. The Kier molecular flexibility index (Phi) is 6.85. The fourth-order valence-electron chi connectivity index (χ4n) is 5.02. The second kappa shape index (κ2) is 10.3. The van der Waals surface area contributed by atoms with Crippen LogP contribution in [0.5, 0.6) is 0 Å². The summed E-state index contributed by atoms with van der Waals surface area (Å²) in [6.07, 6.45) is 5.66. The molecule has 0 bridgehead atoms. The number of carbonyl (C=O) groups excluding carboxylic acids is 1. The summed E-state index contributed by atoms with van der Waals surface area (Å²) in [7, 11) is 0. The number of fused-ring (bicyclic) bond motifs is 1. The molecule has 0 spiro atoms. The van der Waals surface area contributed by atoms with Crippen molar-refractivity contribution in [1.82, 2.24) is 24.8 Å². The average Bonchev–Trinajstić information content (AvgIpc) is 3.40. The van der Waals surface area contributed by atoms with Crippen molar-refractivity contribution in [3.63, 3.8) is 0 Å². The molecule has 2 aromatic heterocycles. The van der Waals surface area contributed by atoms with E-state index in [-0.39, 0.29) is 17.4 Å². The number of hydrogen-bond acceptors (Lipinski definition) is 6. The Hall–Kier alpha value is -3.26. The summed E-state index contributed by atoms with van der Waals surface area (Å²) in [4.78, 5) is 39.7. The maximum absolute atomic E-state index is 13.5. The zero-order chi connectivity index (χ0) is 23.3. The van der Waals surface area contributed by atoms with E-state index >= 15 is 0 Å². The number of rotatable bonds is 7. The van der Waals surface area contributed by atoms with E-state index in [1.54, 1.807) is 10.8 Å². The lowest BCUT2D eigenvalue weighted by molar-refractivity contribution is -0.125. The van der Waals surface area contributed by atoms with Gasteiger partial charge in [-0.05, 0) is 56.5 Å². The number of carbonyl (C=O) groups is 1. The first kappa shape index (κ1) is 22.5. The van der Waals surface area contributed by atoms with Gasteiger partial charge in [-0.1, -0.05) is 30.3 Å². The standard InChI is InChI=1S/C26H32N6O2/c33-25(28-13-18-30-14-4-5-15-30)21-10-16-31(17-11-21)24-26(34)32(19-20-7-2-1-3-8-20)23-22(29-24)9-6-12-27-23/h1-3,6-9,12,21H,4-5,10-11,13-19H2,(H,28,33). The summed E-state index contributed by atoms with van der Waals surface area (Å²) in [5.41, 5.74) is 2.20. The van der Waals surface area contributed by atoms with Crippen molar-refractivity contribution in [2.75, 3.05) is 44.2 Å². The highest BCUT2D eigenvalue weighted by atomic mass is 16.2. The first-order valence-corrected chi connectivity index (χ1v) is 12.3. The molecule has 2 aliphatic rings. The van der Waals surface area contributed by atoms with E-state index in [4.69, 9.17) is 0 Å². The van der Waals surface area contributed by atoms with Crippen molar-refractivity contribution in [3.8, 4) is 0 Å². The van der Waals surface area contributed by atoms with E-state index in [9.17, 15) is 9.59 Å². The van der Waals surface area contributed by atoms with Crippen LogP contribution in [0.25, 0.3) is 11.2 Å². The van der Waals surface area contributed by atoms with Crippen LogP contribution in [0.1, 0.15) is 31.2 Å². The van der Waals surface area contributed by atoms with Crippen LogP contribution in [0, 0.1) is 5.92 Å². The lowest BCUT2D eigenvalue weighted by Crippen LogP contribution is -2.44. The molecule has 0 aliphatic carbocycles. The minimum atomic E-state index is -0.136. The number of amides is 1. The van der Waals surface area contributed by atoms with Crippen LogP contribution in [0.3, 0.4) is 0 Å². The molecular weight excluding hydrogens is 428 g/mol. The Morgan fingerprint density at radius 2 is 1.76 bits per heavy atom. The molecular formula is C26H32N6O2. The first-order valence-electron chi connectivity index (χ1n) is 12.3. The van der Waals surface area contributed by atoms with Crippen LogP contribution in [-0.4, -0.2) is 64.6 Å². The summed E-state index contributed by atoms with van der Waals surface area (Å²) in [6.45, 7) is 5.66. The van der Waals surface area contributed by atoms with Gasteiger partial charge in [-0.15, -0.1) is 0 Å². The number of likely N-dealkylation sites (tertiary alicyclic amines) is 1. The molecule has 3 aromatic rings. The first-order chi connectivity index (χ1) is 16.7.